The first-order chi connectivity index (χ1) is 14.9. The van der Waals surface area contributed by atoms with Gasteiger partial charge in [0.15, 0.2) is 11.6 Å². The maximum atomic E-state index is 14.1. The highest BCUT2D eigenvalue weighted by molar-refractivity contribution is 7.89. The summed E-state index contributed by atoms with van der Waals surface area (Å²) >= 11 is 0. The minimum absolute atomic E-state index is 0.0348. The Morgan fingerprint density at radius 2 is 2.03 bits per heavy atom. The Bertz CT molecular complexity index is 1010. The predicted molar refractivity (Wildman–Crippen MR) is 116 cm³/mol. The van der Waals surface area contributed by atoms with E-state index >= 15 is 0 Å². The van der Waals surface area contributed by atoms with Crippen molar-refractivity contribution in [1.82, 2.24) is 10.0 Å². The van der Waals surface area contributed by atoms with Crippen molar-refractivity contribution in [2.45, 2.75) is 57.1 Å². The Morgan fingerprint density at radius 3 is 2.62 bits per heavy atom. The van der Waals surface area contributed by atoms with Gasteiger partial charge in [0.25, 0.3) is 0 Å². The number of nitrogens with one attached hydrogen (secondary N) is 2. The lowest BCUT2D eigenvalue weighted by Crippen LogP contribution is -2.36. The van der Waals surface area contributed by atoms with Gasteiger partial charge in [0.1, 0.15) is 6.61 Å². The van der Waals surface area contributed by atoms with Crippen LogP contribution in [0.5, 0.6) is 5.75 Å². The van der Waals surface area contributed by atoms with Crippen LogP contribution < -0.4 is 14.8 Å². The van der Waals surface area contributed by atoms with E-state index in [1.54, 1.807) is 26.0 Å². The molecule has 1 aromatic carbocycles. The number of amides is 2. The number of imide groups is 1. The van der Waals surface area contributed by atoms with E-state index in [0.717, 1.165) is 0 Å². The zero-order chi connectivity index (χ0) is 23.6. The number of hydrogen-bond donors (Lipinski definition) is 3. The number of carbonyl (C=O) groups excluding carboxylic acids is 2. The van der Waals surface area contributed by atoms with Crippen LogP contribution in [0.1, 0.15) is 51.5 Å². The number of halogens is 1. The van der Waals surface area contributed by atoms with Crippen LogP contribution in [0.2, 0.25) is 0 Å². The van der Waals surface area contributed by atoms with Crippen LogP contribution in [0.15, 0.2) is 30.4 Å². The van der Waals surface area contributed by atoms with Crippen molar-refractivity contribution in [2.24, 2.45) is 5.92 Å². The summed E-state index contributed by atoms with van der Waals surface area (Å²) in [6, 6.07) is 4.25. The van der Waals surface area contributed by atoms with E-state index in [0.29, 0.717) is 24.8 Å². The third-order valence-electron chi connectivity index (χ3n) is 5.37. The largest absolute Gasteiger partial charge is 0.488 e. The summed E-state index contributed by atoms with van der Waals surface area (Å²) in [4.78, 5) is 22.7. The second kappa shape index (κ2) is 9.29. The standard InChI is InChI=1S/C22H29FN2O6S/c1-21(2,28)14-31-18-13-16(7-8-17(18)23)22(9-10-22)25-32(29,30)11-5-3-4-6-15-12-19(26)24-20(15)27/h3-4,7-8,13,15,25,28H,5-6,9-12,14H2,1-2H3,(H,24,26,27)/b4-3+. The van der Waals surface area contributed by atoms with Crippen molar-refractivity contribution in [1.29, 1.82) is 0 Å². The van der Waals surface area contributed by atoms with Crippen LogP contribution >= 0.6 is 0 Å². The first-order valence-electron chi connectivity index (χ1n) is 10.5. The van der Waals surface area contributed by atoms with E-state index in [1.165, 1.54) is 18.2 Å². The molecule has 2 amide bonds. The van der Waals surface area contributed by atoms with Crippen LogP contribution in [-0.2, 0) is 25.2 Å². The SMILES string of the molecule is CC(C)(O)COc1cc(C2(NS(=O)(=O)CC/C=C/CC3CC(=O)NC3=O)CC2)ccc1F. The van der Waals surface area contributed by atoms with Crippen LogP contribution in [-0.4, -0.2) is 43.3 Å². The van der Waals surface area contributed by atoms with Gasteiger partial charge in [-0.1, -0.05) is 18.2 Å². The molecule has 1 atom stereocenters. The van der Waals surface area contributed by atoms with Crippen LogP contribution in [0.4, 0.5) is 4.39 Å². The van der Waals surface area contributed by atoms with Gasteiger partial charge in [-0.15, -0.1) is 0 Å². The molecule has 0 aromatic heterocycles. The number of hydrogen-bond acceptors (Lipinski definition) is 6. The number of aliphatic hydroxyl groups is 1. The molecule has 176 valence electrons. The molecule has 32 heavy (non-hydrogen) atoms. The molecule has 0 radical (unpaired) electrons. The first kappa shape index (κ1) is 24.3. The molecule has 1 saturated heterocycles. The van der Waals surface area contributed by atoms with Crippen LogP contribution in [0.25, 0.3) is 0 Å². The topological polar surface area (TPSA) is 122 Å². The average Bonchev–Trinajstić information content (AvgIpc) is 3.37. The molecule has 1 aromatic rings. The van der Waals surface area contributed by atoms with Gasteiger partial charge in [0.05, 0.1) is 22.8 Å². The molecule has 1 saturated carbocycles. The molecule has 0 bridgehead atoms. The molecular weight excluding hydrogens is 439 g/mol. The van der Waals surface area contributed by atoms with E-state index in [4.69, 9.17) is 4.74 Å². The lowest BCUT2D eigenvalue weighted by molar-refractivity contribution is -0.125. The maximum Gasteiger partial charge on any atom is 0.230 e. The van der Waals surface area contributed by atoms with Gasteiger partial charge in [-0.2, -0.15) is 0 Å². The first-order valence-corrected chi connectivity index (χ1v) is 12.2. The van der Waals surface area contributed by atoms with E-state index in [9.17, 15) is 27.5 Å². The van der Waals surface area contributed by atoms with Crippen molar-refractivity contribution in [3.8, 4) is 5.75 Å². The van der Waals surface area contributed by atoms with Crippen LogP contribution in [0, 0.1) is 11.7 Å². The predicted octanol–water partition coefficient (Wildman–Crippen LogP) is 1.88. The third-order valence-corrected chi connectivity index (χ3v) is 6.85. The molecule has 2 fully saturated rings. The van der Waals surface area contributed by atoms with Gasteiger partial charge in [0.2, 0.25) is 21.8 Å². The van der Waals surface area contributed by atoms with Gasteiger partial charge >= 0.3 is 0 Å². The number of benzene rings is 1. The summed E-state index contributed by atoms with van der Waals surface area (Å²) in [5, 5.41) is 12.0. The highest BCUT2D eigenvalue weighted by Crippen LogP contribution is 2.47. The lowest BCUT2D eigenvalue weighted by Gasteiger charge is -2.21. The number of carbonyl (C=O) groups is 2. The van der Waals surface area contributed by atoms with E-state index in [-0.39, 0.29) is 42.8 Å². The van der Waals surface area contributed by atoms with Gasteiger partial charge in [-0.3, -0.25) is 14.9 Å². The Hall–Kier alpha value is -2.30. The second-order valence-electron chi connectivity index (χ2n) is 9.06. The molecule has 3 rings (SSSR count). The van der Waals surface area contributed by atoms with E-state index < -0.39 is 32.9 Å². The van der Waals surface area contributed by atoms with E-state index in [2.05, 4.69) is 10.0 Å². The normalized spacial score (nSPS) is 20.6. The van der Waals surface area contributed by atoms with Crippen LogP contribution in [0.3, 0.4) is 0 Å². The number of ether oxygens (including phenoxy) is 1. The Balaban J connectivity index is 1.56. The lowest BCUT2D eigenvalue weighted by atomic mass is 10.0. The Morgan fingerprint density at radius 1 is 1.31 bits per heavy atom. The molecule has 1 heterocycles. The Labute approximate surface area is 187 Å². The molecule has 2 aliphatic rings. The smallest absolute Gasteiger partial charge is 0.230 e. The van der Waals surface area contributed by atoms with Gasteiger partial charge < -0.3 is 9.84 Å². The minimum atomic E-state index is -3.61. The highest BCUT2D eigenvalue weighted by atomic mass is 32.2. The van der Waals surface area contributed by atoms with Crippen molar-refractivity contribution in [2.75, 3.05) is 12.4 Å². The van der Waals surface area contributed by atoms with Crippen molar-refractivity contribution < 1.29 is 32.2 Å². The monoisotopic (exact) mass is 468 g/mol. The zero-order valence-electron chi connectivity index (χ0n) is 18.2. The molecular formula is C22H29FN2O6S. The van der Waals surface area contributed by atoms with Gasteiger partial charge in [0, 0.05) is 6.42 Å². The number of rotatable bonds is 11. The summed E-state index contributed by atoms with van der Waals surface area (Å²) in [7, 11) is -3.61. The number of sulfonamides is 1. The quantitative estimate of drug-likeness (QED) is 0.337. The molecule has 3 N–H and O–H groups in total. The highest BCUT2D eigenvalue weighted by Gasteiger charge is 2.47. The number of allylic oxidation sites excluding steroid dienone is 2. The summed E-state index contributed by atoms with van der Waals surface area (Å²) in [5.74, 6) is -1.73. The fourth-order valence-electron chi connectivity index (χ4n) is 3.49. The molecule has 10 heteroatoms. The molecule has 8 nitrogen and oxygen atoms in total. The fourth-order valence-corrected chi connectivity index (χ4v) is 4.95. The fraction of sp³-hybridized carbons (Fsp3) is 0.545. The second-order valence-corrected chi connectivity index (χ2v) is 10.9. The molecule has 1 unspecified atom stereocenters. The molecule has 1 aliphatic heterocycles. The maximum absolute atomic E-state index is 14.1. The summed E-state index contributed by atoms with van der Waals surface area (Å²) in [5.41, 5.74) is -1.31. The molecule has 0 spiro atoms. The zero-order valence-corrected chi connectivity index (χ0v) is 19.0. The van der Waals surface area contributed by atoms with E-state index in [1.807, 2.05) is 0 Å². The van der Waals surface area contributed by atoms with Gasteiger partial charge in [-0.05, 0) is 57.2 Å². The summed E-state index contributed by atoms with van der Waals surface area (Å²) in [6.07, 6.45) is 5.39. The minimum Gasteiger partial charge on any atom is -0.488 e. The third kappa shape index (κ3) is 6.60. The van der Waals surface area contributed by atoms with Crippen molar-refractivity contribution in [3.05, 3.63) is 41.7 Å². The average molecular weight is 469 g/mol. The van der Waals surface area contributed by atoms with Crippen molar-refractivity contribution >= 4 is 21.8 Å². The molecule has 1 aliphatic carbocycles. The Kier molecular flexibility index (Phi) is 7.06. The van der Waals surface area contributed by atoms with Gasteiger partial charge in [-0.25, -0.2) is 17.5 Å². The summed E-state index contributed by atoms with van der Waals surface area (Å²) < 4.78 is 47.4. The summed E-state index contributed by atoms with van der Waals surface area (Å²) in [6.45, 7) is 2.98. The van der Waals surface area contributed by atoms with Crippen molar-refractivity contribution in [3.63, 3.8) is 0 Å².